The van der Waals surface area contributed by atoms with Crippen LogP contribution in [0.15, 0.2) is 10.9 Å². The minimum Gasteiger partial charge on any atom is -0.394 e. The molecule has 1 heterocycles. The molecule has 1 aromatic heterocycles. The molecule has 0 aliphatic carbocycles. The number of aryl methyl sites for hydroxylation is 2. The summed E-state index contributed by atoms with van der Waals surface area (Å²) >= 11 is 0. The molecule has 0 fully saturated rings. The molecule has 1 N–H and O–H groups in total. The van der Waals surface area contributed by atoms with Crippen LogP contribution in [-0.2, 0) is 11.5 Å². The molecule has 5 heteroatoms. The average Bonchev–Trinajstić information content (AvgIpc) is 2.23. The van der Waals surface area contributed by atoms with E-state index in [-0.39, 0.29) is 31.1 Å². The summed E-state index contributed by atoms with van der Waals surface area (Å²) < 4.78 is 6.45. The lowest BCUT2D eigenvalue weighted by Crippen LogP contribution is -2.27. The smallest absolute Gasteiger partial charge is 0.270 e. The summed E-state index contributed by atoms with van der Waals surface area (Å²) in [7, 11) is 0. The Labute approximate surface area is 93.5 Å². The van der Waals surface area contributed by atoms with Gasteiger partial charge < -0.3 is 9.84 Å². The third kappa shape index (κ3) is 2.48. The first-order chi connectivity index (χ1) is 7.61. The molecule has 16 heavy (non-hydrogen) atoms. The van der Waals surface area contributed by atoms with Crippen molar-refractivity contribution in [2.45, 2.75) is 20.6 Å². The standard InChI is InChI=1S/C11H14N2O3/c1-8-5-9(2)13(7-16-4-3-14)11(15)10(8)6-12/h5,14H,3-4,7H2,1-2H3. The van der Waals surface area contributed by atoms with E-state index in [9.17, 15) is 4.79 Å². The molecule has 0 unspecified atom stereocenters. The maximum atomic E-state index is 11.8. The van der Waals surface area contributed by atoms with E-state index >= 15 is 0 Å². The predicted molar refractivity (Wildman–Crippen MR) is 57.9 cm³/mol. The fraction of sp³-hybridized carbons (Fsp3) is 0.455. The molecule has 1 rings (SSSR count). The van der Waals surface area contributed by atoms with E-state index in [0.29, 0.717) is 5.56 Å². The van der Waals surface area contributed by atoms with Gasteiger partial charge in [0.25, 0.3) is 5.56 Å². The van der Waals surface area contributed by atoms with Gasteiger partial charge in [-0.1, -0.05) is 0 Å². The van der Waals surface area contributed by atoms with Gasteiger partial charge in [0.15, 0.2) is 0 Å². The van der Waals surface area contributed by atoms with E-state index in [2.05, 4.69) is 0 Å². The highest BCUT2D eigenvalue weighted by atomic mass is 16.5. The molecule has 0 radical (unpaired) electrons. The Bertz CT molecular complexity index is 471. The van der Waals surface area contributed by atoms with Crippen LogP contribution in [-0.4, -0.2) is 22.9 Å². The number of aliphatic hydroxyl groups is 1. The van der Waals surface area contributed by atoms with E-state index in [1.807, 2.05) is 6.07 Å². The summed E-state index contributed by atoms with van der Waals surface area (Å²) in [6, 6.07) is 3.65. The number of rotatable bonds is 4. The van der Waals surface area contributed by atoms with E-state index in [1.165, 1.54) is 4.57 Å². The fourth-order valence-electron chi connectivity index (χ4n) is 1.44. The average molecular weight is 222 g/mol. The van der Waals surface area contributed by atoms with Crippen molar-refractivity contribution in [3.05, 3.63) is 33.2 Å². The number of nitrogens with zero attached hydrogens (tertiary/aromatic N) is 2. The lowest BCUT2D eigenvalue weighted by atomic mass is 10.1. The molecular formula is C11H14N2O3. The van der Waals surface area contributed by atoms with Crippen molar-refractivity contribution in [1.29, 1.82) is 5.26 Å². The number of aliphatic hydroxyl groups excluding tert-OH is 1. The Kier molecular flexibility index (Phi) is 4.23. The predicted octanol–water partition coefficient (Wildman–Crippen LogP) is 0.303. The van der Waals surface area contributed by atoms with Gasteiger partial charge >= 0.3 is 0 Å². The summed E-state index contributed by atoms with van der Waals surface area (Å²) in [6.45, 7) is 3.64. The van der Waals surface area contributed by atoms with Crippen molar-refractivity contribution in [3.63, 3.8) is 0 Å². The van der Waals surface area contributed by atoms with Crippen LogP contribution in [0.25, 0.3) is 0 Å². The summed E-state index contributed by atoms with van der Waals surface area (Å²) in [5.74, 6) is 0. The van der Waals surface area contributed by atoms with Crippen LogP contribution in [0.1, 0.15) is 16.8 Å². The lowest BCUT2D eigenvalue weighted by Gasteiger charge is -2.11. The van der Waals surface area contributed by atoms with Gasteiger partial charge in [0.2, 0.25) is 0 Å². The zero-order valence-corrected chi connectivity index (χ0v) is 9.36. The van der Waals surface area contributed by atoms with E-state index in [1.54, 1.807) is 19.9 Å². The maximum Gasteiger partial charge on any atom is 0.270 e. The second-order valence-corrected chi connectivity index (χ2v) is 3.45. The van der Waals surface area contributed by atoms with Crippen LogP contribution in [0.5, 0.6) is 0 Å². The first-order valence-electron chi connectivity index (χ1n) is 4.91. The van der Waals surface area contributed by atoms with Gasteiger partial charge in [-0.2, -0.15) is 5.26 Å². The second kappa shape index (κ2) is 5.45. The molecule has 0 aromatic carbocycles. The Morgan fingerprint density at radius 3 is 2.81 bits per heavy atom. The molecule has 0 aliphatic heterocycles. The molecule has 0 saturated heterocycles. The number of ether oxygens (including phenoxy) is 1. The highest BCUT2D eigenvalue weighted by molar-refractivity contribution is 5.35. The first kappa shape index (κ1) is 12.4. The Morgan fingerprint density at radius 1 is 1.56 bits per heavy atom. The summed E-state index contributed by atoms with van der Waals surface area (Å²) in [5, 5.41) is 17.4. The summed E-state index contributed by atoms with van der Waals surface area (Å²) in [5.41, 5.74) is 1.19. The van der Waals surface area contributed by atoms with Crippen molar-refractivity contribution >= 4 is 0 Å². The van der Waals surface area contributed by atoms with Crippen molar-refractivity contribution in [2.75, 3.05) is 13.2 Å². The topological polar surface area (TPSA) is 75.2 Å². The molecule has 0 spiro atoms. The molecule has 0 amide bonds. The zero-order valence-electron chi connectivity index (χ0n) is 9.36. The minimum atomic E-state index is -0.349. The Morgan fingerprint density at radius 2 is 2.25 bits per heavy atom. The molecule has 5 nitrogen and oxygen atoms in total. The highest BCUT2D eigenvalue weighted by Crippen LogP contribution is 2.05. The van der Waals surface area contributed by atoms with Gasteiger partial charge in [0, 0.05) is 5.69 Å². The van der Waals surface area contributed by atoms with Crippen LogP contribution in [0.4, 0.5) is 0 Å². The zero-order chi connectivity index (χ0) is 12.1. The molecule has 1 aromatic rings. The third-order valence-electron chi connectivity index (χ3n) is 2.27. The minimum absolute atomic E-state index is 0.0557. The number of pyridine rings is 1. The quantitative estimate of drug-likeness (QED) is 0.743. The van der Waals surface area contributed by atoms with Crippen molar-refractivity contribution < 1.29 is 9.84 Å². The van der Waals surface area contributed by atoms with E-state index in [0.717, 1.165) is 5.69 Å². The van der Waals surface area contributed by atoms with Crippen molar-refractivity contribution in [1.82, 2.24) is 4.57 Å². The maximum absolute atomic E-state index is 11.8. The number of nitriles is 1. The van der Waals surface area contributed by atoms with Gasteiger partial charge in [0.1, 0.15) is 18.4 Å². The van der Waals surface area contributed by atoms with Crippen LogP contribution in [0.2, 0.25) is 0 Å². The first-order valence-corrected chi connectivity index (χ1v) is 4.91. The van der Waals surface area contributed by atoms with Crippen molar-refractivity contribution in [3.8, 4) is 6.07 Å². The number of hydrogen-bond acceptors (Lipinski definition) is 4. The summed E-state index contributed by atoms with van der Waals surface area (Å²) in [6.07, 6.45) is 0. The van der Waals surface area contributed by atoms with Crippen LogP contribution in [0, 0.1) is 25.2 Å². The van der Waals surface area contributed by atoms with Gasteiger partial charge in [-0.05, 0) is 25.5 Å². The van der Waals surface area contributed by atoms with Crippen molar-refractivity contribution in [2.24, 2.45) is 0 Å². The molecule has 0 bridgehead atoms. The highest BCUT2D eigenvalue weighted by Gasteiger charge is 2.09. The lowest BCUT2D eigenvalue weighted by molar-refractivity contribution is 0.0453. The van der Waals surface area contributed by atoms with E-state index < -0.39 is 0 Å². The largest absolute Gasteiger partial charge is 0.394 e. The van der Waals surface area contributed by atoms with Gasteiger partial charge in [-0.25, -0.2) is 0 Å². The molecule has 0 aliphatic rings. The second-order valence-electron chi connectivity index (χ2n) is 3.45. The molecular weight excluding hydrogens is 208 g/mol. The fourth-order valence-corrected chi connectivity index (χ4v) is 1.44. The Hall–Kier alpha value is -1.64. The SMILES string of the molecule is Cc1cc(C)n(COCCO)c(=O)c1C#N. The van der Waals surface area contributed by atoms with Gasteiger partial charge in [0.05, 0.1) is 13.2 Å². The molecule has 86 valence electrons. The van der Waals surface area contributed by atoms with Crippen LogP contribution in [0.3, 0.4) is 0 Å². The normalized spacial score (nSPS) is 10.1. The molecule has 0 saturated carbocycles. The van der Waals surface area contributed by atoms with Crippen LogP contribution < -0.4 is 5.56 Å². The summed E-state index contributed by atoms with van der Waals surface area (Å²) in [4.78, 5) is 11.8. The van der Waals surface area contributed by atoms with E-state index in [4.69, 9.17) is 15.1 Å². The van der Waals surface area contributed by atoms with Gasteiger partial charge in [-0.3, -0.25) is 9.36 Å². The monoisotopic (exact) mass is 222 g/mol. The Balaban J connectivity index is 3.10. The number of hydrogen-bond donors (Lipinski definition) is 1. The van der Waals surface area contributed by atoms with Gasteiger partial charge in [-0.15, -0.1) is 0 Å². The molecule has 0 atom stereocenters. The third-order valence-corrected chi connectivity index (χ3v) is 2.27. The number of aromatic nitrogens is 1. The van der Waals surface area contributed by atoms with Crippen LogP contribution >= 0.6 is 0 Å².